The van der Waals surface area contributed by atoms with Crippen molar-refractivity contribution in [2.24, 2.45) is 0 Å². The van der Waals surface area contributed by atoms with Gasteiger partial charge in [0.15, 0.2) is 11.2 Å². The van der Waals surface area contributed by atoms with Crippen molar-refractivity contribution in [1.29, 1.82) is 0 Å². The van der Waals surface area contributed by atoms with Crippen LogP contribution >= 0.6 is 0 Å². The summed E-state index contributed by atoms with van der Waals surface area (Å²) in [5.41, 5.74) is -0.0553. The molecule has 1 aromatic heterocycles. The third kappa shape index (κ3) is 2.01. The predicted octanol–water partition coefficient (Wildman–Crippen LogP) is 2.94. The number of carbonyl (C=O) groups excluding carboxylic acids is 1. The van der Waals surface area contributed by atoms with Gasteiger partial charge in [-0.05, 0) is 19.9 Å². The average molecular weight is 307 g/mol. The van der Waals surface area contributed by atoms with Crippen LogP contribution in [0, 0.1) is 12.7 Å². The van der Waals surface area contributed by atoms with Gasteiger partial charge >= 0.3 is 0 Å². The SMILES string of the molecule is COc1c(C)c(F)cc2c(=O)c(C(C)=O)cn([C@@H]3C[C@@H]3F)c12. The highest BCUT2D eigenvalue weighted by Gasteiger charge is 2.40. The molecule has 0 saturated heterocycles. The molecule has 1 aliphatic carbocycles. The lowest BCUT2D eigenvalue weighted by Gasteiger charge is -2.17. The summed E-state index contributed by atoms with van der Waals surface area (Å²) in [5.74, 6) is -0.834. The van der Waals surface area contributed by atoms with Gasteiger partial charge in [-0.25, -0.2) is 8.78 Å². The van der Waals surface area contributed by atoms with Gasteiger partial charge < -0.3 is 9.30 Å². The van der Waals surface area contributed by atoms with Gasteiger partial charge in [-0.1, -0.05) is 0 Å². The number of Topliss-reactive ketones (excluding diaryl/α,β-unsaturated/α-hetero) is 1. The van der Waals surface area contributed by atoms with E-state index >= 15 is 0 Å². The second-order valence-electron chi connectivity index (χ2n) is 5.57. The maximum absolute atomic E-state index is 14.0. The van der Waals surface area contributed by atoms with E-state index in [0.29, 0.717) is 11.9 Å². The van der Waals surface area contributed by atoms with Crippen molar-refractivity contribution < 1.29 is 18.3 Å². The standard InChI is InChI=1S/C16H15F2NO3/c1-7-11(17)4-9-14(16(7)22-3)19(13-5-12(13)18)6-10(8(2)20)15(9)21/h4,6,12-13H,5H2,1-3H3/t12-,13+/m0/s1. The van der Waals surface area contributed by atoms with Gasteiger partial charge in [0.2, 0.25) is 0 Å². The van der Waals surface area contributed by atoms with Crippen LogP contribution in [-0.2, 0) is 0 Å². The van der Waals surface area contributed by atoms with Crippen molar-refractivity contribution in [1.82, 2.24) is 4.57 Å². The number of carbonyl (C=O) groups is 1. The fourth-order valence-corrected chi connectivity index (χ4v) is 2.75. The van der Waals surface area contributed by atoms with Gasteiger partial charge in [0, 0.05) is 18.2 Å². The third-order valence-electron chi connectivity index (χ3n) is 4.08. The monoisotopic (exact) mass is 307 g/mol. The molecule has 1 heterocycles. The van der Waals surface area contributed by atoms with E-state index in [2.05, 4.69) is 0 Å². The summed E-state index contributed by atoms with van der Waals surface area (Å²) in [6, 6.07) is 0.633. The Kier molecular flexibility index (Phi) is 3.27. The van der Waals surface area contributed by atoms with E-state index in [9.17, 15) is 18.4 Å². The van der Waals surface area contributed by atoms with E-state index < -0.39 is 29.2 Å². The number of ether oxygens (including phenoxy) is 1. The topological polar surface area (TPSA) is 48.3 Å². The normalized spacial score (nSPS) is 20.2. The first kappa shape index (κ1) is 14.7. The third-order valence-corrected chi connectivity index (χ3v) is 4.08. The molecular formula is C16H15F2NO3. The molecule has 2 aromatic rings. The molecule has 0 bridgehead atoms. The number of rotatable bonds is 3. The second-order valence-corrected chi connectivity index (χ2v) is 5.57. The van der Waals surface area contributed by atoms with Crippen LogP contribution in [0.5, 0.6) is 5.75 Å². The number of ketones is 1. The minimum Gasteiger partial charge on any atom is -0.494 e. The molecular weight excluding hydrogens is 292 g/mol. The first-order valence-corrected chi connectivity index (χ1v) is 6.93. The van der Waals surface area contributed by atoms with Crippen molar-refractivity contribution in [3.8, 4) is 5.75 Å². The van der Waals surface area contributed by atoms with E-state index in [1.807, 2.05) is 0 Å². The smallest absolute Gasteiger partial charge is 0.200 e. The summed E-state index contributed by atoms with van der Waals surface area (Å²) >= 11 is 0. The Balaban J connectivity index is 2.50. The summed E-state index contributed by atoms with van der Waals surface area (Å²) in [6.45, 7) is 2.79. The van der Waals surface area contributed by atoms with E-state index in [1.54, 1.807) is 0 Å². The molecule has 116 valence electrons. The van der Waals surface area contributed by atoms with Crippen molar-refractivity contribution in [3.63, 3.8) is 0 Å². The van der Waals surface area contributed by atoms with Crippen LogP contribution in [0.4, 0.5) is 8.78 Å². The number of halogens is 2. The van der Waals surface area contributed by atoms with Crippen LogP contribution in [0.1, 0.15) is 35.3 Å². The molecule has 22 heavy (non-hydrogen) atoms. The number of methoxy groups -OCH3 is 1. The van der Waals surface area contributed by atoms with Crippen LogP contribution in [0.25, 0.3) is 10.9 Å². The molecule has 1 fully saturated rings. The number of pyridine rings is 1. The van der Waals surface area contributed by atoms with Crippen molar-refractivity contribution in [2.45, 2.75) is 32.5 Å². The molecule has 0 amide bonds. The summed E-state index contributed by atoms with van der Waals surface area (Å²) < 4.78 is 34.4. The van der Waals surface area contributed by atoms with Crippen molar-refractivity contribution in [3.05, 3.63) is 39.4 Å². The van der Waals surface area contributed by atoms with Gasteiger partial charge in [-0.3, -0.25) is 9.59 Å². The van der Waals surface area contributed by atoms with Gasteiger partial charge in [-0.15, -0.1) is 0 Å². The Labute approximate surface area is 125 Å². The molecule has 0 spiro atoms. The fraction of sp³-hybridized carbons (Fsp3) is 0.375. The minimum absolute atomic E-state index is 0.0340. The predicted molar refractivity (Wildman–Crippen MR) is 78.0 cm³/mol. The lowest BCUT2D eigenvalue weighted by atomic mass is 10.0. The zero-order chi connectivity index (χ0) is 16.2. The largest absolute Gasteiger partial charge is 0.494 e. The number of nitrogens with zero attached hydrogens (tertiary/aromatic N) is 1. The van der Waals surface area contributed by atoms with Crippen LogP contribution < -0.4 is 10.2 Å². The Hall–Kier alpha value is -2.24. The van der Waals surface area contributed by atoms with E-state index in [4.69, 9.17) is 4.74 Å². The zero-order valence-electron chi connectivity index (χ0n) is 12.4. The highest BCUT2D eigenvalue weighted by molar-refractivity contribution is 5.98. The van der Waals surface area contributed by atoms with E-state index in [-0.39, 0.29) is 22.3 Å². The fourth-order valence-electron chi connectivity index (χ4n) is 2.75. The molecule has 1 aromatic carbocycles. The highest BCUT2D eigenvalue weighted by Crippen LogP contribution is 2.43. The lowest BCUT2D eigenvalue weighted by molar-refractivity contribution is 0.101. The molecule has 3 rings (SSSR count). The van der Waals surface area contributed by atoms with Crippen LogP contribution in [0.2, 0.25) is 0 Å². The maximum atomic E-state index is 14.0. The quantitative estimate of drug-likeness (QED) is 0.819. The zero-order valence-corrected chi connectivity index (χ0v) is 12.4. The molecule has 1 aliphatic rings. The molecule has 6 heteroatoms. The number of fused-ring (bicyclic) bond motifs is 1. The molecule has 0 aliphatic heterocycles. The first-order chi connectivity index (χ1) is 10.4. The molecule has 0 unspecified atom stereocenters. The van der Waals surface area contributed by atoms with Gasteiger partial charge in [-0.2, -0.15) is 0 Å². The Bertz CT molecular complexity index is 857. The van der Waals surface area contributed by atoms with E-state index in [0.717, 1.165) is 6.07 Å². The molecule has 2 atom stereocenters. The van der Waals surface area contributed by atoms with E-state index in [1.165, 1.54) is 31.7 Å². The summed E-state index contributed by atoms with van der Waals surface area (Å²) in [5, 5.41) is 0.0340. The summed E-state index contributed by atoms with van der Waals surface area (Å²) in [6.07, 6.45) is 0.618. The molecule has 0 radical (unpaired) electrons. The van der Waals surface area contributed by atoms with Gasteiger partial charge in [0.25, 0.3) is 0 Å². The van der Waals surface area contributed by atoms with Crippen LogP contribution in [0.3, 0.4) is 0 Å². The Morgan fingerprint density at radius 3 is 2.59 bits per heavy atom. The maximum Gasteiger partial charge on any atom is 0.200 e. The van der Waals surface area contributed by atoms with Crippen molar-refractivity contribution in [2.75, 3.05) is 7.11 Å². The number of hydrogen-bond acceptors (Lipinski definition) is 3. The number of aromatic nitrogens is 1. The molecule has 0 N–H and O–H groups in total. The lowest BCUT2D eigenvalue weighted by Crippen LogP contribution is -2.19. The van der Waals surface area contributed by atoms with Gasteiger partial charge in [0.05, 0.1) is 29.6 Å². The van der Waals surface area contributed by atoms with Crippen molar-refractivity contribution >= 4 is 16.7 Å². The number of alkyl halides is 1. The highest BCUT2D eigenvalue weighted by atomic mass is 19.1. The Morgan fingerprint density at radius 1 is 1.45 bits per heavy atom. The molecule has 1 saturated carbocycles. The first-order valence-electron chi connectivity index (χ1n) is 6.93. The number of benzene rings is 1. The number of hydrogen-bond donors (Lipinski definition) is 0. The minimum atomic E-state index is -1.04. The van der Waals surface area contributed by atoms with Gasteiger partial charge in [0.1, 0.15) is 17.7 Å². The second kappa shape index (κ2) is 4.90. The van der Waals surface area contributed by atoms with Crippen LogP contribution in [-0.4, -0.2) is 23.6 Å². The molecule has 4 nitrogen and oxygen atoms in total. The average Bonchev–Trinajstić information content (AvgIpc) is 3.18. The Morgan fingerprint density at radius 2 is 2.09 bits per heavy atom. The van der Waals surface area contributed by atoms with Crippen LogP contribution in [0.15, 0.2) is 17.1 Å². The summed E-state index contributed by atoms with van der Waals surface area (Å²) in [7, 11) is 1.37. The summed E-state index contributed by atoms with van der Waals surface area (Å²) in [4.78, 5) is 24.1.